The van der Waals surface area contributed by atoms with Crippen LogP contribution in [0.3, 0.4) is 0 Å². The van der Waals surface area contributed by atoms with Gasteiger partial charge in [0.15, 0.2) is 17.0 Å². The molecule has 166 valence electrons. The molecule has 0 spiro atoms. The lowest BCUT2D eigenvalue weighted by Gasteiger charge is -2.15. The molecule has 0 bridgehead atoms. The number of rotatable bonds is 8. The van der Waals surface area contributed by atoms with Crippen LogP contribution in [0.1, 0.15) is 19.2 Å². The molecule has 0 saturated carbocycles. The number of hydrogen-bond donors (Lipinski definition) is 2. The van der Waals surface area contributed by atoms with Crippen molar-refractivity contribution in [2.24, 2.45) is 0 Å². The van der Waals surface area contributed by atoms with Gasteiger partial charge in [-0.25, -0.2) is 15.0 Å². The molecule has 1 unspecified atom stereocenters. The van der Waals surface area contributed by atoms with Crippen molar-refractivity contribution in [1.29, 1.82) is 0 Å². The summed E-state index contributed by atoms with van der Waals surface area (Å²) in [7, 11) is 1.63. The SMILES string of the molecule is C=CC(=O)N1CCC(Nc2ncnc3[nH]c(/C(C)=C/COc4cccc(OC)c4)nc23)C1. The second-order valence-electron chi connectivity index (χ2n) is 7.50. The minimum atomic E-state index is -0.0545. The number of amides is 1. The number of aromatic nitrogens is 4. The first-order valence-corrected chi connectivity index (χ1v) is 10.4. The number of imidazole rings is 1. The first kappa shape index (κ1) is 21.4. The van der Waals surface area contributed by atoms with Gasteiger partial charge in [0.25, 0.3) is 0 Å². The predicted octanol–water partition coefficient (Wildman–Crippen LogP) is 3.04. The van der Waals surface area contributed by atoms with Crippen molar-refractivity contribution in [3.05, 3.63) is 55.1 Å². The van der Waals surface area contributed by atoms with Crippen molar-refractivity contribution in [1.82, 2.24) is 24.8 Å². The number of benzene rings is 1. The number of methoxy groups -OCH3 is 1. The molecule has 1 aliphatic rings. The number of carbonyl (C=O) groups is 1. The van der Waals surface area contributed by atoms with Crippen LogP contribution in [0, 0.1) is 0 Å². The molecule has 3 heterocycles. The monoisotopic (exact) mass is 434 g/mol. The zero-order valence-electron chi connectivity index (χ0n) is 18.2. The molecule has 32 heavy (non-hydrogen) atoms. The third-order valence-electron chi connectivity index (χ3n) is 5.35. The number of nitrogens with zero attached hydrogens (tertiary/aromatic N) is 4. The van der Waals surface area contributed by atoms with E-state index in [0.717, 1.165) is 23.5 Å². The fourth-order valence-corrected chi connectivity index (χ4v) is 3.57. The summed E-state index contributed by atoms with van der Waals surface area (Å²) in [5.74, 6) is 2.78. The van der Waals surface area contributed by atoms with Crippen molar-refractivity contribution in [2.75, 3.05) is 32.1 Å². The maximum Gasteiger partial charge on any atom is 0.246 e. The standard InChI is InChI=1S/C23H26N6O3/c1-4-19(30)29-10-8-16(13-29)26-22-20-23(25-14-24-22)28-21(27-20)15(2)9-11-32-18-7-5-6-17(12-18)31-3/h4-7,9,12,14,16H,1,8,10-11,13H2,2-3H3,(H2,24,25,26,27,28)/b15-9+. The lowest BCUT2D eigenvalue weighted by atomic mass is 10.2. The van der Waals surface area contributed by atoms with E-state index in [4.69, 9.17) is 14.5 Å². The number of allylic oxidation sites excluding steroid dienone is 1. The predicted molar refractivity (Wildman–Crippen MR) is 123 cm³/mol. The fourth-order valence-electron chi connectivity index (χ4n) is 3.57. The first-order valence-electron chi connectivity index (χ1n) is 10.4. The lowest BCUT2D eigenvalue weighted by molar-refractivity contribution is -0.125. The number of nitrogens with one attached hydrogen (secondary N) is 2. The molecule has 1 saturated heterocycles. The third kappa shape index (κ3) is 4.72. The van der Waals surface area contributed by atoms with E-state index in [1.165, 1.54) is 12.4 Å². The molecule has 1 aliphatic heterocycles. The number of fused-ring (bicyclic) bond motifs is 1. The van der Waals surface area contributed by atoms with Gasteiger partial charge in [0.1, 0.15) is 30.3 Å². The van der Waals surface area contributed by atoms with Gasteiger partial charge in [0.05, 0.1) is 7.11 Å². The van der Waals surface area contributed by atoms with Gasteiger partial charge in [-0.15, -0.1) is 0 Å². The summed E-state index contributed by atoms with van der Waals surface area (Å²) in [5, 5.41) is 3.40. The summed E-state index contributed by atoms with van der Waals surface area (Å²) in [6.45, 7) is 7.20. The number of H-pyrrole nitrogens is 1. The molecule has 1 amide bonds. The summed E-state index contributed by atoms with van der Waals surface area (Å²) < 4.78 is 11.0. The summed E-state index contributed by atoms with van der Waals surface area (Å²) in [4.78, 5) is 30.2. The zero-order chi connectivity index (χ0) is 22.5. The van der Waals surface area contributed by atoms with Crippen LogP contribution in [0.15, 0.2) is 49.3 Å². The van der Waals surface area contributed by atoms with Gasteiger partial charge in [-0.2, -0.15) is 0 Å². The Bertz CT molecular complexity index is 1160. The Morgan fingerprint density at radius 1 is 1.38 bits per heavy atom. The number of anilines is 1. The Morgan fingerprint density at radius 3 is 3.03 bits per heavy atom. The van der Waals surface area contributed by atoms with Crippen LogP contribution < -0.4 is 14.8 Å². The molecule has 3 aromatic rings. The number of likely N-dealkylation sites (tertiary alicyclic amines) is 1. The van der Waals surface area contributed by atoms with E-state index in [1.54, 1.807) is 12.0 Å². The summed E-state index contributed by atoms with van der Waals surface area (Å²) >= 11 is 0. The highest BCUT2D eigenvalue weighted by Crippen LogP contribution is 2.23. The topological polar surface area (TPSA) is 105 Å². The largest absolute Gasteiger partial charge is 0.497 e. The van der Waals surface area contributed by atoms with Crippen LogP contribution in [0.2, 0.25) is 0 Å². The van der Waals surface area contributed by atoms with Gasteiger partial charge in [0, 0.05) is 25.2 Å². The number of aromatic amines is 1. The smallest absolute Gasteiger partial charge is 0.246 e. The van der Waals surface area contributed by atoms with E-state index in [1.807, 2.05) is 37.3 Å². The molecule has 9 nitrogen and oxygen atoms in total. The minimum absolute atomic E-state index is 0.0545. The maximum atomic E-state index is 11.8. The Labute approximate surface area is 186 Å². The number of ether oxygens (including phenoxy) is 2. The first-order chi connectivity index (χ1) is 15.6. The van der Waals surface area contributed by atoms with E-state index in [9.17, 15) is 4.79 Å². The highest BCUT2D eigenvalue weighted by molar-refractivity contribution is 5.87. The molecule has 0 radical (unpaired) electrons. The molecule has 0 aliphatic carbocycles. The molecular weight excluding hydrogens is 408 g/mol. The van der Waals surface area contributed by atoms with Crippen LogP contribution in [0.4, 0.5) is 5.82 Å². The van der Waals surface area contributed by atoms with Crippen LogP contribution in [-0.2, 0) is 4.79 Å². The van der Waals surface area contributed by atoms with Crippen LogP contribution >= 0.6 is 0 Å². The van der Waals surface area contributed by atoms with E-state index in [-0.39, 0.29) is 11.9 Å². The molecule has 1 aromatic carbocycles. The summed E-state index contributed by atoms with van der Waals surface area (Å²) in [6, 6.07) is 7.58. The Kier molecular flexibility index (Phi) is 6.34. The van der Waals surface area contributed by atoms with Crippen molar-refractivity contribution in [2.45, 2.75) is 19.4 Å². The van der Waals surface area contributed by atoms with Gasteiger partial charge in [-0.05, 0) is 43.2 Å². The normalized spacial score (nSPS) is 16.2. The van der Waals surface area contributed by atoms with Gasteiger partial charge >= 0.3 is 0 Å². The second kappa shape index (κ2) is 9.51. The third-order valence-corrected chi connectivity index (χ3v) is 5.35. The number of carbonyl (C=O) groups excluding carboxylic acids is 1. The van der Waals surface area contributed by atoms with Gasteiger partial charge in [0.2, 0.25) is 5.91 Å². The van der Waals surface area contributed by atoms with Crippen LogP contribution in [0.5, 0.6) is 11.5 Å². The van der Waals surface area contributed by atoms with Crippen LogP contribution in [0.25, 0.3) is 16.7 Å². The Morgan fingerprint density at radius 2 is 2.22 bits per heavy atom. The van der Waals surface area contributed by atoms with Gasteiger partial charge in [-0.1, -0.05) is 12.6 Å². The second-order valence-corrected chi connectivity index (χ2v) is 7.50. The van der Waals surface area contributed by atoms with E-state index < -0.39 is 0 Å². The van der Waals surface area contributed by atoms with Crippen LogP contribution in [-0.4, -0.2) is 63.6 Å². The zero-order valence-corrected chi connectivity index (χ0v) is 18.2. The van der Waals surface area contributed by atoms with Gasteiger partial charge < -0.3 is 24.7 Å². The summed E-state index contributed by atoms with van der Waals surface area (Å²) in [6.07, 6.45) is 5.63. The van der Waals surface area contributed by atoms with Crippen molar-refractivity contribution < 1.29 is 14.3 Å². The van der Waals surface area contributed by atoms with Crippen molar-refractivity contribution in [3.8, 4) is 11.5 Å². The number of hydrogen-bond acceptors (Lipinski definition) is 7. The molecule has 1 atom stereocenters. The lowest BCUT2D eigenvalue weighted by Crippen LogP contribution is -2.30. The molecule has 4 rings (SSSR count). The molecule has 9 heteroatoms. The maximum absolute atomic E-state index is 11.8. The van der Waals surface area contributed by atoms with Crippen molar-refractivity contribution >= 4 is 28.5 Å². The van der Waals surface area contributed by atoms with Gasteiger partial charge in [-0.3, -0.25) is 4.79 Å². The molecule has 1 fully saturated rings. The Hall–Kier alpha value is -3.88. The summed E-state index contributed by atoms with van der Waals surface area (Å²) in [5.41, 5.74) is 2.24. The highest BCUT2D eigenvalue weighted by atomic mass is 16.5. The quantitative estimate of drug-likeness (QED) is 0.525. The Balaban J connectivity index is 1.44. The molecule has 2 aromatic heterocycles. The fraction of sp³-hybridized carbons (Fsp3) is 0.304. The van der Waals surface area contributed by atoms with E-state index >= 15 is 0 Å². The molecular formula is C23H26N6O3. The average Bonchev–Trinajstić information content (AvgIpc) is 3.46. The minimum Gasteiger partial charge on any atom is -0.497 e. The highest BCUT2D eigenvalue weighted by Gasteiger charge is 2.26. The van der Waals surface area contributed by atoms with E-state index in [0.29, 0.717) is 42.5 Å². The van der Waals surface area contributed by atoms with E-state index in [2.05, 4.69) is 26.8 Å². The average molecular weight is 435 g/mol. The van der Waals surface area contributed by atoms with Crippen molar-refractivity contribution in [3.63, 3.8) is 0 Å². The molecule has 2 N–H and O–H groups in total.